The first-order chi connectivity index (χ1) is 36.9. The van der Waals surface area contributed by atoms with Crippen LogP contribution in [0.25, 0.3) is 83.1 Å². The molecule has 13 rings (SSSR count). The van der Waals surface area contributed by atoms with Crippen LogP contribution >= 0.6 is 0 Å². The monoisotopic (exact) mass is 984 g/mol. The smallest absolute Gasteiger partial charge is 0.135 e. The number of para-hydroxylation sites is 1. The Labute approximate surface area is 445 Å². The molecule has 76 heavy (non-hydrogen) atoms. The van der Waals surface area contributed by atoms with Gasteiger partial charge in [0, 0.05) is 61.0 Å². The van der Waals surface area contributed by atoms with Gasteiger partial charge in [-0.3, -0.25) is 0 Å². The molecule has 0 spiro atoms. The zero-order valence-corrected chi connectivity index (χ0v) is 44.5. The second kappa shape index (κ2) is 18.2. The first-order valence-electron chi connectivity index (χ1n) is 26.7. The van der Waals surface area contributed by atoms with E-state index in [1.54, 1.807) is 0 Å². The van der Waals surface area contributed by atoms with Crippen LogP contribution in [0.2, 0.25) is 0 Å². The molecule has 0 saturated carbocycles. The van der Waals surface area contributed by atoms with Crippen LogP contribution in [0, 0.1) is 34.6 Å². The minimum Gasteiger partial charge on any atom is -0.461 e. The molecule has 2 heterocycles. The maximum atomic E-state index is 6.25. The Bertz CT molecular complexity index is 4330. The standard InChI is InChI=1S/C72H60N2O2/c1-9-10-21-56-48(6)75-69-34-28-51(40-61(56)69)50-18-16-20-54(39-50)74(66-33-27-45(3)37-47(66)5)67-43-64-71(59-24-12-11-22-57(59)67)60-31-30-55(42-63(60)72(64,7)8)73(65-32-26-44(2)36-46(65)4)53-19-15-17-49(38-53)52-29-35-70-62(41-52)58-23-13-14-25-68(58)76-70/h10-43H,9H2,1-8H3. The number of rotatable bonds is 10. The highest BCUT2D eigenvalue weighted by atomic mass is 16.3. The van der Waals surface area contributed by atoms with Crippen molar-refractivity contribution < 1.29 is 8.83 Å². The molecule has 0 atom stereocenters. The van der Waals surface area contributed by atoms with Gasteiger partial charge in [-0.05, 0) is 187 Å². The predicted molar refractivity (Wildman–Crippen MR) is 322 cm³/mol. The summed E-state index contributed by atoms with van der Waals surface area (Å²) in [5.74, 6) is 0.940. The number of allylic oxidation sites excluding steroid dienone is 1. The highest BCUT2D eigenvalue weighted by Gasteiger charge is 2.39. The van der Waals surface area contributed by atoms with Gasteiger partial charge in [-0.15, -0.1) is 0 Å². The molecule has 1 aliphatic carbocycles. The molecule has 0 amide bonds. The van der Waals surface area contributed by atoms with Crippen molar-refractivity contribution >= 4 is 83.9 Å². The van der Waals surface area contributed by atoms with Crippen molar-refractivity contribution in [2.24, 2.45) is 0 Å². The molecule has 0 fully saturated rings. The molecule has 4 heteroatoms. The minimum atomic E-state index is -0.351. The third kappa shape index (κ3) is 7.73. The van der Waals surface area contributed by atoms with Crippen LogP contribution in [0.4, 0.5) is 34.1 Å². The number of nitrogens with zero attached hydrogens (tertiary/aromatic N) is 2. The number of anilines is 6. The lowest BCUT2D eigenvalue weighted by atomic mass is 9.81. The Hall–Kier alpha value is -8.86. The first kappa shape index (κ1) is 46.9. The van der Waals surface area contributed by atoms with Crippen LogP contribution < -0.4 is 9.80 Å². The normalized spacial score (nSPS) is 12.8. The molecule has 10 aromatic carbocycles. The molecule has 0 saturated heterocycles. The van der Waals surface area contributed by atoms with Gasteiger partial charge in [0.1, 0.15) is 22.5 Å². The largest absolute Gasteiger partial charge is 0.461 e. The van der Waals surface area contributed by atoms with Crippen molar-refractivity contribution in [3.63, 3.8) is 0 Å². The summed E-state index contributed by atoms with van der Waals surface area (Å²) in [5.41, 5.74) is 25.0. The van der Waals surface area contributed by atoms with Gasteiger partial charge in [0.05, 0.1) is 5.69 Å². The zero-order valence-electron chi connectivity index (χ0n) is 44.5. The molecule has 0 bridgehead atoms. The fraction of sp³-hybridized carbons (Fsp3) is 0.139. The van der Waals surface area contributed by atoms with E-state index in [1.807, 2.05) is 12.1 Å². The maximum absolute atomic E-state index is 6.25. The highest BCUT2D eigenvalue weighted by molar-refractivity contribution is 6.11. The summed E-state index contributed by atoms with van der Waals surface area (Å²) in [6, 6.07) is 71.9. The lowest BCUT2D eigenvalue weighted by Crippen LogP contribution is -2.18. The molecule has 0 unspecified atom stereocenters. The fourth-order valence-electron chi connectivity index (χ4n) is 12.2. The van der Waals surface area contributed by atoms with Gasteiger partial charge in [-0.25, -0.2) is 0 Å². The fourth-order valence-corrected chi connectivity index (χ4v) is 12.2. The van der Waals surface area contributed by atoms with Crippen molar-refractivity contribution in [2.75, 3.05) is 9.80 Å². The number of fused-ring (bicyclic) bond motifs is 9. The summed E-state index contributed by atoms with van der Waals surface area (Å²) >= 11 is 0. The Balaban J connectivity index is 0.954. The zero-order chi connectivity index (χ0) is 52.0. The Morgan fingerprint density at radius 3 is 1.66 bits per heavy atom. The van der Waals surface area contributed by atoms with E-state index >= 15 is 0 Å². The van der Waals surface area contributed by atoms with Gasteiger partial charge in [0.2, 0.25) is 0 Å². The number of hydrogen-bond donors (Lipinski definition) is 0. The Kier molecular flexibility index (Phi) is 11.2. The lowest BCUT2D eigenvalue weighted by molar-refractivity contribution is 0.577. The molecule has 370 valence electrons. The number of furan rings is 2. The minimum absolute atomic E-state index is 0.351. The average Bonchev–Trinajstić information content (AvgIpc) is 4.04. The maximum Gasteiger partial charge on any atom is 0.135 e. The third-order valence-corrected chi connectivity index (χ3v) is 16.0. The lowest BCUT2D eigenvalue weighted by Gasteiger charge is -2.31. The van der Waals surface area contributed by atoms with E-state index in [0.717, 1.165) is 107 Å². The molecular weight excluding hydrogens is 925 g/mol. The predicted octanol–water partition coefficient (Wildman–Crippen LogP) is 21.0. The number of benzene rings is 10. The van der Waals surface area contributed by atoms with Crippen LogP contribution in [-0.4, -0.2) is 0 Å². The first-order valence-corrected chi connectivity index (χ1v) is 26.7. The molecule has 0 N–H and O–H groups in total. The van der Waals surface area contributed by atoms with Gasteiger partial charge in [-0.1, -0.05) is 153 Å². The van der Waals surface area contributed by atoms with Crippen LogP contribution in [0.3, 0.4) is 0 Å². The van der Waals surface area contributed by atoms with Gasteiger partial charge < -0.3 is 18.6 Å². The summed E-state index contributed by atoms with van der Waals surface area (Å²) in [7, 11) is 0. The summed E-state index contributed by atoms with van der Waals surface area (Å²) in [6.45, 7) is 17.9. The molecule has 1 aliphatic rings. The number of aryl methyl sites for hydroxylation is 5. The van der Waals surface area contributed by atoms with Crippen molar-refractivity contribution in [3.05, 3.63) is 245 Å². The Morgan fingerprint density at radius 2 is 0.987 bits per heavy atom. The quantitative estimate of drug-likeness (QED) is 0.137. The van der Waals surface area contributed by atoms with Crippen molar-refractivity contribution in [1.29, 1.82) is 0 Å². The molecule has 0 radical (unpaired) electrons. The van der Waals surface area contributed by atoms with Gasteiger partial charge in [0.25, 0.3) is 0 Å². The molecule has 4 nitrogen and oxygen atoms in total. The van der Waals surface area contributed by atoms with Gasteiger partial charge in [-0.2, -0.15) is 0 Å². The van der Waals surface area contributed by atoms with Crippen LogP contribution in [0.5, 0.6) is 0 Å². The van der Waals surface area contributed by atoms with E-state index in [9.17, 15) is 0 Å². The van der Waals surface area contributed by atoms with Crippen molar-refractivity contribution in [1.82, 2.24) is 0 Å². The van der Waals surface area contributed by atoms with E-state index < -0.39 is 0 Å². The summed E-state index contributed by atoms with van der Waals surface area (Å²) in [6.07, 6.45) is 5.38. The van der Waals surface area contributed by atoms with E-state index in [-0.39, 0.29) is 5.41 Å². The van der Waals surface area contributed by atoms with Crippen molar-refractivity contribution in [3.8, 4) is 33.4 Å². The van der Waals surface area contributed by atoms with Crippen molar-refractivity contribution in [2.45, 2.75) is 67.2 Å². The summed E-state index contributed by atoms with van der Waals surface area (Å²) < 4.78 is 12.5. The average molecular weight is 985 g/mol. The van der Waals surface area contributed by atoms with Crippen LogP contribution in [-0.2, 0) is 5.41 Å². The van der Waals surface area contributed by atoms with Gasteiger partial charge in [0.15, 0.2) is 0 Å². The third-order valence-electron chi connectivity index (χ3n) is 16.0. The van der Waals surface area contributed by atoms with Crippen LogP contribution in [0.15, 0.2) is 209 Å². The van der Waals surface area contributed by atoms with E-state index in [4.69, 9.17) is 8.83 Å². The van der Waals surface area contributed by atoms with Crippen LogP contribution in [0.1, 0.15) is 71.9 Å². The van der Waals surface area contributed by atoms with E-state index in [2.05, 4.69) is 259 Å². The Morgan fingerprint density at radius 1 is 0.421 bits per heavy atom. The molecular formula is C72H60N2O2. The van der Waals surface area contributed by atoms with Gasteiger partial charge >= 0.3 is 0 Å². The molecule has 12 aromatic rings. The number of hydrogen-bond acceptors (Lipinski definition) is 4. The summed E-state index contributed by atoms with van der Waals surface area (Å²) in [4.78, 5) is 4.96. The summed E-state index contributed by atoms with van der Waals surface area (Å²) in [5, 5.41) is 5.84. The van der Waals surface area contributed by atoms with E-state index in [1.165, 1.54) is 55.3 Å². The van der Waals surface area contributed by atoms with E-state index in [0.29, 0.717) is 0 Å². The topological polar surface area (TPSA) is 32.8 Å². The second-order valence-corrected chi connectivity index (χ2v) is 21.5. The molecule has 2 aromatic heterocycles. The second-order valence-electron chi connectivity index (χ2n) is 21.5. The SMILES string of the molecule is CCC=Cc1c(C)oc2ccc(-c3cccc(N(c4ccc(C)cc4C)c4cc5c(c6ccccc46)-c4ccc(N(c6cccc(-c7ccc8oc9ccccc9c8c7)c6)c6ccc(C)cc6C)cc4C5(C)C)c3)cc12. The molecule has 0 aliphatic heterocycles. The highest BCUT2D eigenvalue weighted by Crippen LogP contribution is 2.56.